The molecule has 0 unspecified atom stereocenters. The number of pyridine rings is 1. The molecule has 0 fully saturated rings. The Balaban J connectivity index is 2.41. The lowest BCUT2D eigenvalue weighted by molar-refractivity contribution is 0.795. The molecule has 0 aromatic carbocycles. The van der Waals surface area contributed by atoms with Crippen molar-refractivity contribution in [3.63, 3.8) is 0 Å². The number of nitrogens with zero attached hydrogens (tertiary/aromatic N) is 4. The summed E-state index contributed by atoms with van der Waals surface area (Å²) in [5.41, 5.74) is 13.2. The Morgan fingerprint density at radius 1 is 1.16 bits per heavy atom. The van der Waals surface area contributed by atoms with E-state index in [1.807, 2.05) is 30.1 Å². The van der Waals surface area contributed by atoms with Gasteiger partial charge in [-0.3, -0.25) is 9.67 Å². The lowest BCUT2D eigenvalue weighted by Crippen LogP contribution is -2.30. The Morgan fingerprint density at radius 3 is 2.74 bits per heavy atom. The largest absolute Gasteiger partial charge is 0.404 e. The van der Waals surface area contributed by atoms with Gasteiger partial charge in [-0.05, 0) is 6.07 Å². The van der Waals surface area contributed by atoms with Gasteiger partial charge in [-0.25, -0.2) is 0 Å². The zero-order valence-corrected chi connectivity index (χ0v) is 10.5. The molecule has 0 aliphatic carbocycles. The summed E-state index contributed by atoms with van der Waals surface area (Å²) in [6.45, 7) is 0. The van der Waals surface area contributed by atoms with Gasteiger partial charge < -0.3 is 16.0 Å². The second-order valence-corrected chi connectivity index (χ2v) is 4.22. The topological polar surface area (TPSA) is 87.7 Å². The Labute approximate surface area is 109 Å². The molecular weight excluding hydrogens is 240 g/mol. The van der Waals surface area contributed by atoms with Crippen molar-refractivity contribution >= 4 is 23.3 Å². The van der Waals surface area contributed by atoms with Crippen molar-refractivity contribution in [3.05, 3.63) is 41.4 Å². The van der Waals surface area contributed by atoms with Crippen molar-refractivity contribution in [1.82, 2.24) is 19.3 Å². The summed E-state index contributed by atoms with van der Waals surface area (Å²) in [5.74, 6) is 0. The van der Waals surface area contributed by atoms with Crippen molar-refractivity contribution in [1.29, 1.82) is 0 Å². The van der Waals surface area contributed by atoms with Gasteiger partial charge in [0, 0.05) is 36.2 Å². The van der Waals surface area contributed by atoms with Gasteiger partial charge in [-0.2, -0.15) is 5.10 Å². The maximum atomic E-state index is 5.70. The lowest BCUT2D eigenvalue weighted by Gasteiger charge is -2.05. The molecule has 3 aromatic heterocycles. The Hall–Kier alpha value is -2.76. The van der Waals surface area contributed by atoms with Crippen LogP contribution >= 0.6 is 0 Å². The van der Waals surface area contributed by atoms with Crippen LogP contribution in [0.15, 0.2) is 30.9 Å². The second kappa shape index (κ2) is 4.16. The molecule has 6 nitrogen and oxygen atoms in total. The highest BCUT2D eigenvalue weighted by molar-refractivity contribution is 5.86. The number of hydrogen-bond acceptors (Lipinski definition) is 4. The van der Waals surface area contributed by atoms with Gasteiger partial charge in [0.2, 0.25) is 0 Å². The van der Waals surface area contributed by atoms with E-state index in [0.717, 1.165) is 27.2 Å². The summed E-state index contributed by atoms with van der Waals surface area (Å²) in [6.07, 6.45) is 10.4. The van der Waals surface area contributed by atoms with Crippen molar-refractivity contribution in [2.75, 3.05) is 0 Å². The highest BCUT2D eigenvalue weighted by Gasteiger charge is 2.08. The van der Waals surface area contributed by atoms with Crippen molar-refractivity contribution < 1.29 is 0 Å². The van der Waals surface area contributed by atoms with Crippen molar-refractivity contribution in [3.8, 4) is 5.69 Å². The van der Waals surface area contributed by atoms with E-state index < -0.39 is 0 Å². The summed E-state index contributed by atoms with van der Waals surface area (Å²) < 4.78 is 3.74. The van der Waals surface area contributed by atoms with Crippen molar-refractivity contribution in [2.24, 2.45) is 18.5 Å². The van der Waals surface area contributed by atoms with E-state index in [-0.39, 0.29) is 0 Å². The van der Waals surface area contributed by atoms with E-state index in [1.165, 1.54) is 12.4 Å². The molecule has 0 bridgehead atoms. The van der Waals surface area contributed by atoms with Crippen LogP contribution in [0.5, 0.6) is 0 Å². The Kier molecular flexibility index (Phi) is 2.49. The zero-order valence-electron chi connectivity index (χ0n) is 10.5. The Bertz CT molecular complexity index is 855. The predicted molar refractivity (Wildman–Crippen MR) is 74.4 cm³/mol. The fourth-order valence-corrected chi connectivity index (χ4v) is 2.22. The molecule has 19 heavy (non-hydrogen) atoms. The summed E-state index contributed by atoms with van der Waals surface area (Å²) in [4.78, 5) is 4.25. The molecule has 3 rings (SSSR count). The van der Waals surface area contributed by atoms with Gasteiger partial charge in [0.05, 0.1) is 35.1 Å². The number of aromatic nitrogens is 4. The van der Waals surface area contributed by atoms with Crippen LogP contribution in [0.25, 0.3) is 29.0 Å². The van der Waals surface area contributed by atoms with Crippen LogP contribution in [0.4, 0.5) is 0 Å². The van der Waals surface area contributed by atoms with Crippen LogP contribution in [-0.2, 0) is 7.05 Å². The third kappa shape index (κ3) is 1.57. The highest BCUT2D eigenvalue weighted by Crippen LogP contribution is 2.18. The highest BCUT2D eigenvalue weighted by atomic mass is 15.3. The molecule has 0 atom stereocenters. The molecule has 6 heteroatoms. The fourth-order valence-electron chi connectivity index (χ4n) is 2.22. The molecule has 0 aliphatic heterocycles. The number of aryl methyl sites for hydroxylation is 1. The van der Waals surface area contributed by atoms with Crippen LogP contribution in [0.2, 0.25) is 0 Å². The molecule has 3 aromatic rings. The SMILES string of the molecule is Cn1ncc2c(-n3ccc(=C/N)/c3=C\N)cncc21. The first-order valence-corrected chi connectivity index (χ1v) is 5.83. The smallest absolute Gasteiger partial charge is 0.0883 e. The van der Waals surface area contributed by atoms with Gasteiger partial charge >= 0.3 is 0 Å². The lowest BCUT2D eigenvalue weighted by atomic mass is 10.3. The minimum atomic E-state index is 0.834. The number of nitrogens with two attached hydrogens (primary N) is 2. The van der Waals surface area contributed by atoms with Gasteiger partial charge in [0.15, 0.2) is 0 Å². The molecule has 0 radical (unpaired) electrons. The van der Waals surface area contributed by atoms with Gasteiger partial charge in [0.1, 0.15) is 0 Å². The normalized spacial score (nSPS) is 13.5. The second-order valence-electron chi connectivity index (χ2n) is 4.22. The zero-order chi connectivity index (χ0) is 13.4. The monoisotopic (exact) mass is 254 g/mol. The maximum Gasteiger partial charge on any atom is 0.0883 e. The van der Waals surface area contributed by atoms with Crippen LogP contribution in [-0.4, -0.2) is 19.3 Å². The molecule has 4 N–H and O–H groups in total. The number of rotatable bonds is 1. The molecule has 0 spiro atoms. The average molecular weight is 254 g/mol. The van der Waals surface area contributed by atoms with E-state index in [0.29, 0.717) is 0 Å². The van der Waals surface area contributed by atoms with Crippen molar-refractivity contribution in [2.45, 2.75) is 0 Å². The average Bonchev–Trinajstić information content (AvgIpc) is 3.02. The van der Waals surface area contributed by atoms with Gasteiger partial charge in [-0.1, -0.05) is 0 Å². The quantitative estimate of drug-likeness (QED) is 0.592. The molecule has 0 saturated carbocycles. The molecule has 96 valence electrons. The van der Waals surface area contributed by atoms with Crippen LogP contribution < -0.4 is 22.0 Å². The maximum absolute atomic E-state index is 5.70. The third-order valence-corrected chi connectivity index (χ3v) is 3.21. The first-order chi connectivity index (χ1) is 9.26. The predicted octanol–water partition coefficient (Wildman–Crippen LogP) is -0.848. The van der Waals surface area contributed by atoms with Gasteiger partial charge in [-0.15, -0.1) is 0 Å². The number of fused-ring (bicyclic) bond motifs is 1. The number of hydrogen-bond donors (Lipinski definition) is 2. The first-order valence-electron chi connectivity index (χ1n) is 5.83. The van der Waals surface area contributed by atoms with Crippen LogP contribution in [0, 0.1) is 0 Å². The van der Waals surface area contributed by atoms with Crippen LogP contribution in [0.3, 0.4) is 0 Å². The standard InChI is InChI=1S/C13H14N6/c1-18-12-7-16-8-13(10(12)6-17-18)19-3-2-9(4-14)11(19)5-15/h2-8H,14-15H2,1H3/b9-4-,11-5+. The summed E-state index contributed by atoms with van der Waals surface area (Å²) >= 11 is 0. The van der Waals surface area contributed by atoms with Gasteiger partial charge in [0.25, 0.3) is 0 Å². The van der Waals surface area contributed by atoms with Crippen LogP contribution in [0.1, 0.15) is 0 Å². The summed E-state index contributed by atoms with van der Waals surface area (Å²) in [6, 6.07) is 1.91. The van der Waals surface area contributed by atoms with E-state index in [4.69, 9.17) is 11.5 Å². The molecule has 0 aliphatic rings. The van der Waals surface area contributed by atoms with E-state index >= 15 is 0 Å². The fraction of sp³-hybridized carbons (Fsp3) is 0.0769. The first kappa shape index (κ1) is 11.3. The van der Waals surface area contributed by atoms with E-state index in [1.54, 1.807) is 17.1 Å². The summed E-state index contributed by atoms with van der Waals surface area (Å²) in [5, 5.41) is 6.98. The summed E-state index contributed by atoms with van der Waals surface area (Å²) in [7, 11) is 1.89. The molecule has 3 heterocycles. The van der Waals surface area contributed by atoms with E-state index in [2.05, 4.69) is 10.1 Å². The minimum Gasteiger partial charge on any atom is -0.404 e. The molecular formula is C13H14N6. The van der Waals surface area contributed by atoms with E-state index in [9.17, 15) is 0 Å². The molecule has 0 amide bonds. The third-order valence-electron chi connectivity index (χ3n) is 3.21. The Morgan fingerprint density at radius 2 is 2.00 bits per heavy atom. The minimum absolute atomic E-state index is 0.834. The molecule has 0 saturated heterocycles.